The lowest BCUT2D eigenvalue weighted by molar-refractivity contribution is 0.457. The Morgan fingerprint density at radius 2 is 1.79 bits per heavy atom. The van der Waals surface area contributed by atoms with E-state index in [2.05, 4.69) is 4.98 Å². The van der Waals surface area contributed by atoms with E-state index in [0.717, 1.165) is 4.90 Å². The van der Waals surface area contributed by atoms with Gasteiger partial charge in [0, 0.05) is 11.1 Å². The zero-order chi connectivity index (χ0) is 9.80. The summed E-state index contributed by atoms with van der Waals surface area (Å²) in [4.78, 5) is 5.16. The highest BCUT2D eigenvalue weighted by atomic mass is 32.2. The number of hydrogen-bond acceptors (Lipinski definition) is 3. The smallest absolute Gasteiger partial charge is 0.148 e. The van der Waals surface area contributed by atoms with Crippen LogP contribution in [-0.4, -0.2) is 10.1 Å². The molecule has 14 heavy (non-hydrogen) atoms. The van der Waals surface area contributed by atoms with Gasteiger partial charge in [0.15, 0.2) is 0 Å². The average molecular weight is 203 g/mol. The molecular weight excluding hydrogens is 194 g/mol. The molecule has 0 aliphatic heterocycles. The Balaban J connectivity index is 2.24. The summed E-state index contributed by atoms with van der Waals surface area (Å²) >= 11 is 1.45. The predicted octanol–water partition coefficient (Wildman–Crippen LogP) is 2.94. The summed E-state index contributed by atoms with van der Waals surface area (Å²) in [5.41, 5.74) is 0. The van der Waals surface area contributed by atoms with Crippen molar-refractivity contribution in [3.05, 3.63) is 48.7 Å². The van der Waals surface area contributed by atoms with E-state index in [9.17, 15) is 5.11 Å². The van der Waals surface area contributed by atoms with Crippen molar-refractivity contribution in [3.8, 4) is 5.75 Å². The number of nitrogens with zero attached hydrogens (tertiary/aromatic N) is 1. The molecule has 0 saturated carbocycles. The van der Waals surface area contributed by atoms with E-state index < -0.39 is 0 Å². The van der Waals surface area contributed by atoms with Crippen LogP contribution in [0, 0.1) is 0 Å². The Bertz CT molecular complexity index is 417. The summed E-state index contributed by atoms with van der Waals surface area (Å²) in [7, 11) is 0. The molecule has 0 atom stereocenters. The molecule has 0 spiro atoms. The van der Waals surface area contributed by atoms with Gasteiger partial charge < -0.3 is 5.11 Å². The minimum absolute atomic E-state index is 0.223. The fourth-order valence-electron chi connectivity index (χ4n) is 1.06. The summed E-state index contributed by atoms with van der Waals surface area (Å²) in [5, 5.41) is 10.1. The summed E-state index contributed by atoms with van der Waals surface area (Å²) in [5.74, 6) is 0.223. The van der Waals surface area contributed by atoms with Crippen LogP contribution in [-0.2, 0) is 0 Å². The van der Waals surface area contributed by atoms with Gasteiger partial charge >= 0.3 is 0 Å². The molecule has 1 aromatic heterocycles. The first kappa shape index (κ1) is 9.09. The second-order valence-electron chi connectivity index (χ2n) is 2.74. The van der Waals surface area contributed by atoms with Gasteiger partial charge in [-0.1, -0.05) is 30.0 Å². The predicted molar refractivity (Wildman–Crippen MR) is 56.5 cm³/mol. The fraction of sp³-hybridized carbons (Fsp3) is 0. The molecule has 0 saturated heterocycles. The van der Waals surface area contributed by atoms with Gasteiger partial charge in [-0.15, -0.1) is 0 Å². The molecule has 2 rings (SSSR count). The van der Waals surface area contributed by atoms with E-state index in [0.29, 0.717) is 5.03 Å². The topological polar surface area (TPSA) is 33.1 Å². The van der Waals surface area contributed by atoms with Crippen molar-refractivity contribution in [1.82, 2.24) is 4.98 Å². The van der Waals surface area contributed by atoms with Crippen LogP contribution >= 0.6 is 11.8 Å². The Morgan fingerprint density at radius 1 is 1.00 bits per heavy atom. The molecule has 0 aliphatic carbocycles. The molecule has 1 heterocycles. The van der Waals surface area contributed by atoms with Crippen molar-refractivity contribution in [2.75, 3.05) is 0 Å². The number of pyridine rings is 1. The van der Waals surface area contributed by atoms with Crippen LogP contribution in [0.15, 0.2) is 58.6 Å². The standard InChI is InChI=1S/C11H9NOS/c13-10-7-4-8-12-11(10)14-9-5-2-1-3-6-9/h1-8,13H. The van der Waals surface area contributed by atoms with E-state index in [-0.39, 0.29) is 5.75 Å². The largest absolute Gasteiger partial charge is 0.505 e. The molecule has 0 amide bonds. The second kappa shape index (κ2) is 4.15. The SMILES string of the molecule is Oc1cccnc1Sc1ccccc1. The van der Waals surface area contributed by atoms with Crippen molar-refractivity contribution in [2.24, 2.45) is 0 Å². The maximum Gasteiger partial charge on any atom is 0.148 e. The minimum Gasteiger partial charge on any atom is -0.505 e. The molecule has 0 aliphatic rings. The van der Waals surface area contributed by atoms with Crippen LogP contribution in [0.4, 0.5) is 0 Å². The molecule has 0 fully saturated rings. The van der Waals surface area contributed by atoms with Gasteiger partial charge in [-0.3, -0.25) is 0 Å². The summed E-state index contributed by atoms with van der Waals surface area (Å²) < 4.78 is 0. The third kappa shape index (κ3) is 2.06. The molecule has 2 aromatic rings. The molecule has 0 unspecified atom stereocenters. The lowest BCUT2D eigenvalue weighted by Gasteiger charge is -2.01. The number of aromatic nitrogens is 1. The van der Waals surface area contributed by atoms with Gasteiger partial charge in [0.25, 0.3) is 0 Å². The van der Waals surface area contributed by atoms with Gasteiger partial charge in [-0.2, -0.15) is 0 Å². The molecular formula is C11H9NOS. The highest BCUT2D eigenvalue weighted by Crippen LogP contribution is 2.31. The molecule has 0 radical (unpaired) electrons. The quantitative estimate of drug-likeness (QED) is 0.814. The highest BCUT2D eigenvalue weighted by Gasteiger charge is 2.02. The van der Waals surface area contributed by atoms with Crippen molar-refractivity contribution in [3.63, 3.8) is 0 Å². The minimum atomic E-state index is 0.223. The third-order valence-corrected chi connectivity index (χ3v) is 2.72. The fourth-order valence-corrected chi connectivity index (χ4v) is 1.86. The Kier molecular flexibility index (Phi) is 2.70. The highest BCUT2D eigenvalue weighted by molar-refractivity contribution is 7.99. The summed E-state index contributed by atoms with van der Waals surface area (Å²) in [6.45, 7) is 0. The van der Waals surface area contributed by atoms with Gasteiger partial charge in [0.2, 0.25) is 0 Å². The van der Waals surface area contributed by atoms with Gasteiger partial charge in [-0.05, 0) is 24.3 Å². The van der Waals surface area contributed by atoms with Crippen LogP contribution in [0.25, 0.3) is 0 Å². The van der Waals surface area contributed by atoms with E-state index in [4.69, 9.17) is 0 Å². The Labute approximate surface area is 86.6 Å². The first-order valence-electron chi connectivity index (χ1n) is 4.23. The summed E-state index contributed by atoms with van der Waals surface area (Å²) in [6.07, 6.45) is 1.67. The van der Waals surface area contributed by atoms with E-state index in [1.54, 1.807) is 18.3 Å². The molecule has 0 bridgehead atoms. The lowest BCUT2D eigenvalue weighted by Crippen LogP contribution is -1.79. The monoisotopic (exact) mass is 203 g/mol. The molecule has 3 heteroatoms. The molecule has 1 N–H and O–H groups in total. The van der Waals surface area contributed by atoms with E-state index in [1.165, 1.54) is 11.8 Å². The lowest BCUT2D eigenvalue weighted by atomic mass is 10.4. The normalized spacial score (nSPS) is 10.0. The number of hydrogen-bond donors (Lipinski definition) is 1. The van der Waals surface area contributed by atoms with Crippen molar-refractivity contribution in [2.45, 2.75) is 9.92 Å². The molecule has 2 nitrogen and oxygen atoms in total. The Morgan fingerprint density at radius 3 is 2.50 bits per heavy atom. The van der Waals surface area contributed by atoms with E-state index >= 15 is 0 Å². The maximum absolute atomic E-state index is 9.49. The first-order chi connectivity index (χ1) is 6.86. The number of rotatable bonds is 2. The number of benzene rings is 1. The van der Waals surface area contributed by atoms with Crippen molar-refractivity contribution < 1.29 is 5.11 Å². The van der Waals surface area contributed by atoms with Crippen LogP contribution < -0.4 is 0 Å². The van der Waals surface area contributed by atoms with Crippen molar-refractivity contribution >= 4 is 11.8 Å². The van der Waals surface area contributed by atoms with Crippen LogP contribution in [0.2, 0.25) is 0 Å². The zero-order valence-electron chi connectivity index (χ0n) is 7.42. The Hall–Kier alpha value is -1.48. The number of aromatic hydroxyl groups is 1. The van der Waals surface area contributed by atoms with Crippen molar-refractivity contribution in [1.29, 1.82) is 0 Å². The van der Waals surface area contributed by atoms with Gasteiger partial charge in [0.05, 0.1) is 0 Å². The second-order valence-corrected chi connectivity index (χ2v) is 3.81. The summed E-state index contributed by atoms with van der Waals surface area (Å²) in [6, 6.07) is 13.2. The zero-order valence-corrected chi connectivity index (χ0v) is 8.24. The van der Waals surface area contributed by atoms with Crippen LogP contribution in [0.5, 0.6) is 5.75 Å². The molecule has 70 valence electrons. The average Bonchev–Trinajstić information content (AvgIpc) is 2.23. The molecule has 1 aromatic carbocycles. The van der Waals surface area contributed by atoms with Crippen LogP contribution in [0.3, 0.4) is 0 Å². The van der Waals surface area contributed by atoms with E-state index in [1.807, 2.05) is 30.3 Å². The van der Waals surface area contributed by atoms with Crippen LogP contribution in [0.1, 0.15) is 0 Å². The first-order valence-corrected chi connectivity index (χ1v) is 5.05. The third-order valence-electron chi connectivity index (χ3n) is 1.71. The maximum atomic E-state index is 9.49. The van der Waals surface area contributed by atoms with Gasteiger partial charge in [0.1, 0.15) is 10.8 Å². The van der Waals surface area contributed by atoms with Gasteiger partial charge in [-0.25, -0.2) is 4.98 Å².